The molecule has 0 unspecified atom stereocenters. The van der Waals surface area contributed by atoms with Crippen LogP contribution in [-0.2, 0) is 12.8 Å². The molecule has 0 bridgehead atoms. The Morgan fingerprint density at radius 2 is 1.86 bits per heavy atom. The molecule has 1 aromatic carbocycles. The monoisotopic (exact) mass is 290 g/mol. The van der Waals surface area contributed by atoms with Crippen LogP contribution in [-0.4, -0.2) is 0 Å². The maximum Gasteiger partial charge on any atom is 0.126 e. The zero-order valence-electron chi connectivity index (χ0n) is 14.2. The first-order valence-electron chi connectivity index (χ1n) is 8.97. The van der Waals surface area contributed by atoms with Crippen LogP contribution in [0.1, 0.15) is 82.4 Å². The molecule has 2 aliphatic rings. The van der Waals surface area contributed by atoms with Crippen LogP contribution >= 0.6 is 0 Å². The van der Waals surface area contributed by atoms with Crippen molar-refractivity contribution in [1.82, 2.24) is 0 Å². The van der Waals surface area contributed by atoms with Crippen molar-refractivity contribution in [2.45, 2.75) is 78.6 Å². The van der Waals surface area contributed by atoms with E-state index in [9.17, 15) is 4.39 Å². The highest BCUT2D eigenvalue weighted by Crippen LogP contribution is 2.40. The molecular formula is C20H31F. The summed E-state index contributed by atoms with van der Waals surface area (Å²) in [6.07, 6.45) is 8.49. The third kappa shape index (κ3) is 3.87. The van der Waals surface area contributed by atoms with Crippen molar-refractivity contribution in [2.75, 3.05) is 0 Å². The Bertz CT molecular complexity index is 457. The van der Waals surface area contributed by atoms with Crippen LogP contribution in [0.2, 0.25) is 0 Å². The van der Waals surface area contributed by atoms with Crippen molar-refractivity contribution in [3.63, 3.8) is 0 Å². The summed E-state index contributed by atoms with van der Waals surface area (Å²) in [4.78, 5) is 0. The average molecular weight is 290 g/mol. The number of hydrogen-bond acceptors (Lipinski definition) is 0. The molecule has 1 heteroatoms. The van der Waals surface area contributed by atoms with E-state index in [1.165, 1.54) is 43.2 Å². The molecule has 1 fully saturated rings. The average Bonchev–Trinajstić information content (AvgIpc) is 3.31. The highest BCUT2D eigenvalue weighted by molar-refractivity contribution is 5.40. The van der Waals surface area contributed by atoms with Gasteiger partial charge in [-0.2, -0.15) is 0 Å². The summed E-state index contributed by atoms with van der Waals surface area (Å²) in [7, 11) is 0. The van der Waals surface area contributed by atoms with Crippen LogP contribution in [0.15, 0.2) is 12.1 Å². The lowest BCUT2D eigenvalue weighted by Crippen LogP contribution is -2.17. The van der Waals surface area contributed by atoms with E-state index in [0.29, 0.717) is 11.8 Å². The maximum absolute atomic E-state index is 14.2. The van der Waals surface area contributed by atoms with Gasteiger partial charge in [-0.1, -0.05) is 46.6 Å². The summed E-state index contributed by atoms with van der Waals surface area (Å²) in [5.41, 5.74) is 3.87. The fraction of sp³-hybridized carbons (Fsp3) is 0.700. The van der Waals surface area contributed by atoms with Gasteiger partial charge in [0.05, 0.1) is 0 Å². The molecule has 1 atom stereocenters. The number of fused-ring (bicyclic) bond motifs is 1. The first-order valence-corrected chi connectivity index (χ1v) is 8.97. The van der Waals surface area contributed by atoms with Gasteiger partial charge in [0.2, 0.25) is 0 Å². The summed E-state index contributed by atoms with van der Waals surface area (Å²) >= 11 is 0. The van der Waals surface area contributed by atoms with Gasteiger partial charge in [-0.05, 0) is 72.6 Å². The summed E-state index contributed by atoms with van der Waals surface area (Å²) in [6.45, 7) is 8.60. The molecule has 118 valence electrons. The van der Waals surface area contributed by atoms with E-state index in [1.807, 2.05) is 13.8 Å². The van der Waals surface area contributed by atoms with Gasteiger partial charge in [-0.3, -0.25) is 0 Å². The van der Waals surface area contributed by atoms with Gasteiger partial charge < -0.3 is 0 Å². The molecule has 0 spiro atoms. The normalized spacial score (nSPS) is 20.8. The number of benzene rings is 1. The molecule has 1 aromatic rings. The van der Waals surface area contributed by atoms with Gasteiger partial charge >= 0.3 is 0 Å². The highest BCUT2D eigenvalue weighted by atomic mass is 19.1. The summed E-state index contributed by atoms with van der Waals surface area (Å²) in [5.74, 6) is 2.24. The van der Waals surface area contributed by atoms with E-state index in [1.54, 1.807) is 6.07 Å². The maximum atomic E-state index is 14.2. The molecule has 0 saturated heterocycles. The van der Waals surface area contributed by atoms with E-state index in [4.69, 9.17) is 0 Å². The lowest BCUT2D eigenvalue weighted by atomic mass is 9.75. The first kappa shape index (κ1) is 16.5. The predicted octanol–water partition coefficient (Wildman–Crippen LogP) is 6.27. The van der Waals surface area contributed by atoms with Crippen molar-refractivity contribution in [3.05, 3.63) is 34.6 Å². The Hall–Kier alpha value is -0.850. The van der Waals surface area contributed by atoms with Crippen LogP contribution in [0.25, 0.3) is 0 Å². The second kappa shape index (κ2) is 7.42. The van der Waals surface area contributed by atoms with Crippen LogP contribution in [0.4, 0.5) is 4.39 Å². The van der Waals surface area contributed by atoms with E-state index in [-0.39, 0.29) is 5.82 Å². The zero-order valence-corrected chi connectivity index (χ0v) is 14.2. The van der Waals surface area contributed by atoms with Gasteiger partial charge in [0.25, 0.3) is 0 Å². The molecular weight excluding hydrogens is 259 g/mol. The topological polar surface area (TPSA) is 0 Å². The third-order valence-electron chi connectivity index (χ3n) is 5.06. The fourth-order valence-corrected chi connectivity index (χ4v) is 3.70. The molecule has 2 aliphatic carbocycles. The van der Waals surface area contributed by atoms with Crippen LogP contribution in [0.3, 0.4) is 0 Å². The van der Waals surface area contributed by atoms with Gasteiger partial charge in [0.1, 0.15) is 5.82 Å². The lowest BCUT2D eigenvalue weighted by molar-refractivity contribution is 0.429. The third-order valence-corrected chi connectivity index (χ3v) is 5.06. The van der Waals surface area contributed by atoms with Crippen molar-refractivity contribution < 1.29 is 4.39 Å². The second-order valence-electron chi connectivity index (χ2n) is 6.82. The minimum Gasteiger partial charge on any atom is -0.207 e. The van der Waals surface area contributed by atoms with Crippen molar-refractivity contribution >= 4 is 0 Å². The predicted molar refractivity (Wildman–Crippen MR) is 89.3 cm³/mol. The molecule has 1 saturated carbocycles. The number of hydrogen-bond donors (Lipinski definition) is 0. The number of halogens is 1. The molecule has 0 nitrogen and oxygen atoms in total. The molecule has 0 amide bonds. The summed E-state index contributed by atoms with van der Waals surface area (Å²) in [5, 5.41) is 0. The first-order chi connectivity index (χ1) is 10.2. The second-order valence-corrected chi connectivity index (χ2v) is 6.82. The molecule has 0 N–H and O–H groups in total. The summed E-state index contributed by atoms with van der Waals surface area (Å²) < 4.78 is 14.2. The smallest absolute Gasteiger partial charge is 0.126 e. The molecule has 21 heavy (non-hydrogen) atoms. The molecule has 0 heterocycles. The quantitative estimate of drug-likeness (QED) is 0.613. The van der Waals surface area contributed by atoms with Crippen molar-refractivity contribution in [3.8, 4) is 0 Å². The Balaban J connectivity index is 0.000000774. The Labute approximate surface area is 130 Å². The van der Waals surface area contributed by atoms with E-state index in [2.05, 4.69) is 19.9 Å². The lowest BCUT2D eigenvalue weighted by Gasteiger charge is -2.30. The molecule has 0 aliphatic heterocycles. The van der Waals surface area contributed by atoms with Crippen molar-refractivity contribution in [1.29, 1.82) is 0 Å². The zero-order chi connectivity index (χ0) is 15.4. The standard InChI is InChI=1S/C18H25F.C2H6/c1-12(2)14-4-3-5-15-16(14)10-11-18(19)17(15)9-8-13-6-7-13;1-2/h10-14H,3-9H2,1-2H3;1-2H3/t14-;/m0./s1. The van der Waals surface area contributed by atoms with Gasteiger partial charge in [0, 0.05) is 0 Å². The van der Waals surface area contributed by atoms with E-state index in [0.717, 1.165) is 24.3 Å². The Morgan fingerprint density at radius 1 is 1.14 bits per heavy atom. The Kier molecular flexibility index (Phi) is 5.84. The van der Waals surface area contributed by atoms with Gasteiger partial charge in [-0.15, -0.1) is 0 Å². The SMILES string of the molecule is CC.CC(C)[C@@H]1CCCc2c1ccc(F)c2CCC1CC1. The van der Waals surface area contributed by atoms with Gasteiger partial charge in [0.15, 0.2) is 0 Å². The Morgan fingerprint density at radius 3 is 2.48 bits per heavy atom. The van der Waals surface area contributed by atoms with Gasteiger partial charge in [-0.25, -0.2) is 4.39 Å². The van der Waals surface area contributed by atoms with E-state index >= 15 is 0 Å². The van der Waals surface area contributed by atoms with Crippen LogP contribution in [0.5, 0.6) is 0 Å². The minimum absolute atomic E-state index is 0.0452. The van der Waals surface area contributed by atoms with E-state index < -0.39 is 0 Å². The molecule has 0 aromatic heterocycles. The fourth-order valence-electron chi connectivity index (χ4n) is 3.70. The van der Waals surface area contributed by atoms with Crippen LogP contribution in [0, 0.1) is 17.7 Å². The van der Waals surface area contributed by atoms with Crippen molar-refractivity contribution in [2.24, 2.45) is 11.8 Å². The summed E-state index contributed by atoms with van der Waals surface area (Å²) in [6, 6.07) is 3.79. The molecule has 3 rings (SSSR count). The largest absolute Gasteiger partial charge is 0.207 e. The van der Waals surface area contributed by atoms with Crippen LogP contribution < -0.4 is 0 Å². The highest BCUT2D eigenvalue weighted by Gasteiger charge is 2.27. The number of rotatable bonds is 4. The minimum atomic E-state index is 0.0452. The molecule has 0 radical (unpaired) electrons.